The number of nitrogens with zero attached hydrogens (tertiary/aromatic N) is 3. The Balaban J connectivity index is 1.96. The molecule has 1 fully saturated rings. The molecular weight excluding hydrogens is 202 g/mol. The minimum atomic E-state index is 0.162. The van der Waals surface area contributed by atoms with E-state index in [0.717, 1.165) is 26.2 Å². The van der Waals surface area contributed by atoms with E-state index in [0.29, 0.717) is 6.04 Å². The number of aromatic nitrogens is 2. The molecule has 0 aromatic carbocycles. The van der Waals surface area contributed by atoms with Crippen molar-refractivity contribution in [2.24, 2.45) is 0 Å². The summed E-state index contributed by atoms with van der Waals surface area (Å²) in [6, 6.07) is 0.488. The summed E-state index contributed by atoms with van der Waals surface area (Å²) >= 11 is 0. The van der Waals surface area contributed by atoms with E-state index in [1.54, 1.807) is 0 Å². The molecule has 0 radical (unpaired) electrons. The molecule has 0 saturated heterocycles. The SMILES string of the molecule is CCN(CC)CCn1ccn(C2CC2)c1=O. The Morgan fingerprint density at radius 2 is 2.00 bits per heavy atom. The van der Waals surface area contributed by atoms with Crippen LogP contribution in [0.4, 0.5) is 0 Å². The van der Waals surface area contributed by atoms with Crippen molar-refractivity contribution in [3.05, 3.63) is 22.9 Å². The molecule has 4 nitrogen and oxygen atoms in total. The van der Waals surface area contributed by atoms with Crippen molar-refractivity contribution in [1.82, 2.24) is 14.0 Å². The fourth-order valence-corrected chi connectivity index (χ4v) is 2.02. The molecule has 0 amide bonds. The zero-order chi connectivity index (χ0) is 11.5. The number of hydrogen-bond acceptors (Lipinski definition) is 2. The Labute approximate surface area is 96.5 Å². The van der Waals surface area contributed by atoms with E-state index in [1.165, 1.54) is 12.8 Å². The van der Waals surface area contributed by atoms with E-state index >= 15 is 0 Å². The first-order valence-corrected chi connectivity index (χ1v) is 6.25. The topological polar surface area (TPSA) is 30.2 Å². The van der Waals surface area contributed by atoms with E-state index < -0.39 is 0 Å². The van der Waals surface area contributed by atoms with Crippen molar-refractivity contribution < 1.29 is 0 Å². The molecule has 1 aliphatic carbocycles. The standard InChI is InChI=1S/C12H21N3O/c1-3-13(4-2)7-8-14-9-10-15(12(14)16)11-5-6-11/h9-11H,3-8H2,1-2H3. The lowest BCUT2D eigenvalue weighted by Crippen LogP contribution is -2.31. The predicted octanol–water partition coefficient (Wildman–Crippen LogP) is 1.33. The Morgan fingerprint density at radius 3 is 2.56 bits per heavy atom. The number of hydrogen-bond donors (Lipinski definition) is 0. The molecule has 16 heavy (non-hydrogen) atoms. The van der Waals surface area contributed by atoms with Crippen LogP contribution in [0.1, 0.15) is 32.7 Å². The van der Waals surface area contributed by atoms with Crippen LogP contribution in [0.2, 0.25) is 0 Å². The third-order valence-electron chi connectivity index (χ3n) is 3.37. The summed E-state index contributed by atoms with van der Waals surface area (Å²) < 4.78 is 3.71. The van der Waals surface area contributed by atoms with Crippen LogP contribution in [0.15, 0.2) is 17.2 Å². The predicted molar refractivity (Wildman–Crippen MR) is 64.8 cm³/mol. The van der Waals surface area contributed by atoms with Crippen LogP contribution in [0.25, 0.3) is 0 Å². The van der Waals surface area contributed by atoms with Gasteiger partial charge in [0.15, 0.2) is 0 Å². The highest BCUT2D eigenvalue weighted by Gasteiger charge is 2.25. The minimum absolute atomic E-state index is 0.162. The molecule has 0 bridgehead atoms. The number of imidazole rings is 1. The average molecular weight is 223 g/mol. The van der Waals surface area contributed by atoms with Crippen molar-refractivity contribution in [3.63, 3.8) is 0 Å². The fourth-order valence-electron chi connectivity index (χ4n) is 2.02. The first-order valence-electron chi connectivity index (χ1n) is 6.25. The second-order valence-corrected chi connectivity index (χ2v) is 4.44. The maximum absolute atomic E-state index is 11.9. The quantitative estimate of drug-likeness (QED) is 0.728. The Bertz CT molecular complexity index is 385. The number of rotatable bonds is 6. The monoisotopic (exact) mass is 223 g/mol. The molecule has 0 aliphatic heterocycles. The van der Waals surface area contributed by atoms with Gasteiger partial charge in [-0.25, -0.2) is 4.79 Å². The molecule has 90 valence electrons. The second-order valence-electron chi connectivity index (χ2n) is 4.44. The van der Waals surface area contributed by atoms with E-state index in [9.17, 15) is 4.79 Å². The van der Waals surface area contributed by atoms with Gasteiger partial charge >= 0.3 is 5.69 Å². The van der Waals surface area contributed by atoms with Crippen molar-refractivity contribution in [1.29, 1.82) is 0 Å². The molecule has 0 spiro atoms. The van der Waals surface area contributed by atoms with Crippen molar-refractivity contribution in [3.8, 4) is 0 Å². The first kappa shape index (κ1) is 11.5. The van der Waals surface area contributed by atoms with Gasteiger partial charge in [0, 0.05) is 31.5 Å². The lowest BCUT2D eigenvalue weighted by Gasteiger charge is -2.17. The van der Waals surface area contributed by atoms with E-state index in [-0.39, 0.29) is 5.69 Å². The molecule has 1 aromatic rings. The zero-order valence-corrected chi connectivity index (χ0v) is 10.2. The largest absolute Gasteiger partial charge is 0.328 e. The highest BCUT2D eigenvalue weighted by atomic mass is 16.1. The van der Waals surface area contributed by atoms with Crippen molar-refractivity contribution in [2.75, 3.05) is 19.6 Å². The molecule has 2 rings (SSSR count). The molecule has 1 aromatic heterocycles. The molecule has 1 heterocycles. The summed E-state index contributed by atoms with van der Waals surface area (Å²) in [6.07, 6.45) is 6.19. The first-order chi connectivity index (χ1) is 7.76. The molecule has 1 saturated carbocycles. The minimum Gasteiger partial charge on any atom is -0.302 e. The van der Waals surface area contributed by atoms with Crippen LogP contribution >= 0.6 is 0 Å². The van der Waals surface area contributed by atoms with Gasteiger partial charge < -0.3 is 4.90 Å². The zero-order valence-electron chi connectivity index (χ0n) is 10.2. The van der Waals surface area contributed by atoms with Gasteiger partial charge in [0.25, 0.3) is 0 Å². The van der Waals surface area contributed by atoms with Gasteiger partial charge in [-0.15, -0.1) is 0 Å². The van der Waals surface area contributed by atoms with Crippen LogP contribution in [0.3, 0.4) is 0 Å². The van der Waals surface area contributed by atoms with Gasteiger partial charge in [-0.2, -0.15) is 0 Å². The maximum Gasteiger partial charge on any atom is 0.328 e. The molecule has 4 heteroatoms. The van der Waals surface area contributed by atoms with Crippen molar-refractivity contribution in [2.45, 2.75) is 39.3 Å². The third kappa shape index (κ3) is 2.38. The van der Waals surface area contributed by atoms with Gasteiger partial charge in [0.2, 0.25) is 0 Å². The highest BCUT2D eigenvalue weighted by molar-refractivity contribution is 4.91. The normalized spacial score (nSPS) is 15.9. The lowest BCUT2D eigenvalue weighted by atomic mass is 10.4. The van der Waals surface area contributed by atoms with Gasteiger partial charge in [-0.3, -0.25) is 9.13 Å². The van der Waals surface area contributed by atoms with E-state index in [2.05, 4.69) is 18.7 Å². The molecule has 1 aliphatic rings. The summed E-state index contributed by atoms with van der Waals surface area (Å²) in [7, 11) is 0. The summed E-state index contributed by atoms with van der Waals surface area (Å²) in [5.41, 5.74) is 0.162. The van der Waals surface area contributed by atoms with Gasteiger partial charge in [0.1, 0.15) is 0 Å². The fraction of sp³-hybridized carbons (Fsp3) is 0.750. The summed E-state index contributed by atoms with van der Waals surface area (Å²) in [5.74, 6) is 0. The molecule has 0 N–H and O–H groups in total. The summed E-state index contributed by atoms with van der Waals surface area (Å²) in [6.45, 7) is 8.17. The molecule has 0 unspecified atom stereocenters. The van der Waals surface area contributed by atoms with Crippen LogP contribution in [0.5, 0.6) is 0 Å². The Hall–Kier alpha value is -1.03. The van der Waals surface area contributed by atoms with Crippen LogP contribution in [-0.4, -0.2) is 33.7 Å². The van der Waals surface area contributed by atoms with Gasteiger partial charge in [-0.1, -0.05) is 13.8 Å². The average Bonchev–Trinajstić information content (AvgIpc) is 3.07. The molecular formula is C12H21N3O. The maximum atomic E-state index is 11.9. The Kier molecular flexibility index (Phi) is 3.49. The van der Waals surface area contributed by atoms with Crippen LogP contribution in [-0.2, 0) is 6.54 Å². The molecule has 0 atom stereocenters. The van der Waals surface area contributed by atoms with Crippen LogP contribution in [0, 0.1) is 0 Å². The summed E-state index contributed by atoms with van der Waals surface area (Å²) in [5, 5.41) is 0. The van der Waals surface area contributed by atoms with E-state index in [4.69, 9.17) is 0 Å². The lowest BCUT2D eigenvalue weighted by molar-refractivity contribution is 0.288. The van der Waals surface area contributed by atoms with Crippen molar-refractivity contribution >= 4 is 0 Å². The van der Waals surface area contributed by atoms with Gasteiger partial charge in [0.05, 0.1) is 0 Å². The van der Waals surface area contributed by atoms with E-state index in [1.807, 2.05) is 21.5 Å². The smallest absolute Gasteiger partial charge is 0.302 e. The number of likely N-dealkylation sites (N-methyl/N-ethyl adjacent to an activating group) is 1. The highest BCUT2D eigenvalue weighted by Crippen LogP contribution is 2.33. The second kappa shape index (κ2) is 4.87. The summed E-state index contributed by atoms with van der Waals surface area (Å²) in [4.78, 5) is 14.3. The van der Waals surface area contributed by atoms with Gasteiger partial charge in [-0.05, 0) is 25.9 Å². The third-order valence-corrected chi connectivity index (χ3v) is 3.37. The Morgan fingerprint density at radius 1 is 1.31 bits per heavy atom. The van der Waals surface area contributed by atoms with Crippen LogP contribution < -0.4 is 5.69 Å².